The average Bonchev–Trinajstić information content (AvgIpc) is 3.36. The van der Waals surface area contributed by atoms with E-state index in [9.17, 15) is 14.0 Å². The number of amides is 2. The largest absolute Gasteiger partial charge is 0.497 e. The van der Waals surface area contributed by atoms with Gasteiger partial charge in [0.2, 0.25) is 5.91 Å². The summed E-state index contributed by atoms with van der Waals surface area (Å²) in [6.45, 7) is 5.06. The van der Waals surface area contributed by atoms with E-state index >= 15 is 0 Å². The van der Waals surface area contributed by atoms with Crippen molar-refractivity contribution in [2.24, 2.45) is 5.92 Å². The van der Waals surface area contributed by atoms with Crippen molar-refractivity contribution < 1.29 is 23.5 Å². The fourth-order valence-electron chi connectivity index (χ4n) is 4.46. The zero-order valence-electron chi connectivity index (χ0n) is 20.8. The third-order valence-electron chi connectivity index (χ3n) is 6.16. The molecule has 0 bridgehead atoms. The van der Waals surface area contributed by atoms with Crippen molar-refractivity contribution in [2.75, 3.05) is 33.4 Å². The Kier molecular flexibility index (Phi) is 8.25. The predicted molar refractivity (Wildman–Crippen MR) is 138 cm³/mol. The van der Waals surface area contributed by atoms with Crippen LogP contribution in [0.4, 0.5) is 4.39 Å². The Morgan fingerprint density at radius 1 is 1.17 bits per heavy atom. The maximum atomic E-state index is 14.2. The lowest BCUT2D eigenvalue weighted by atomic mass is 10.00. The number of hydrogen-bond donors (Lipinski definition) is 0. The molecule has 1 atom stereocenters. The van der Waals surface area contributed by atoms with Gasteiger partial charge in [-0.1, -0.05) is 32.0 Å². The molecule has 0 spiro atoms. The van der Waals surface area contributed by atoms with E-state index in [0.29, 0.717) is 24.4 Å². The number of ether oxygens (including phenoxy) is 2. The van der Waals surface area contributed by atoms with E-state index in [1.807, 2.05) is 25.3 Å². The Balaban J connectivity index is 1.55. The normalized spacial score (nSPS) is 14.9. The first-order valence-electron chi connectivity index (χ1n) is 12.0. The molecule has 4 rings (SSSR count). The van der Waals surface area contributed by atoms with Crippen LogP contribution in [0.5, 0.6) is 11.5 Å². The number of fused-ring (bicyclic) bond motifs is 1. The second-order valence-corrected chi connectivity index (χ2v) is 10.2. The molecule has 0 N–H and O–H groups in total. The molecule has 190 valence electrons. The molecule has 0 fully saturated rings. The number of halogens is 1. The van der Waals surface area contributed by atoms with Crippen molar-refractivity contribution in [3.8, 4) is 11.5 Å². The van der Waals surface area contributed by atoms with E-state index in [4.69, 9.17) is 9.47 Å². The van der Waals surface area contributed by atoms with Crippen molar-refractivity contribution in [1.82, 2.24) is 9.80 Å². The predicted octanol–water partition coefficient (Wildman–Crippen LogP) is 5.20. The van der Waals surface area contributed by atoms with Crippen LogP contribution in [0.25, 0.3) is 0 Å². The first kappa shape index (κ1) is 25.7. The van der Waals surface area contributed by atoms with Gasteiger partial charge in [-0.3, -0.25) is 9.59 Å². The zero-order chi connectivity index (χ0) is 25.7. The summed E-state index contributed by atoms with van der Waals surface area (Å²) in [6.07, 6.45) is 0.739. The molecule has 1 aromatic heterocycles. The minimum atomic E-state index is -0.441. The second-order valence-electron chi connectivity index (χ2n) is 9.20. The highest BCUT2D eigenvalue weighted by molar-refractivity contribution is 7.10. The van der Waals surface area contributed by atoms with Crippen molar-refractivity contribution in [3.63, 3.8) is 0 Å². The highest BCUT2D eigenvalue weighted by Crippen LogP contribution is 2.34. The number of carbonyl (C=O) groups excluding carboxylic acids is 2. The minimum absolute atomic E-state index is 0.0517. The number of carbonyl (C=O) groups is 2. The minimum Gasteiger partial charge on any atom is -0.497 e. The molecule has 0 saturated carbocycles. The number of rotatable bonds is 9. The maximum Gasteiger partial charge on any atom is 0.254 e. The van der Waals surface area contributed by atoms with Crippen LogP contribution in [0.3, 0.4) is 0 Å². The van der Waals surface area contributed by atoms with Crippen molar-refractivity contribution >= 4 is 23.2 Å². The van der Waals surface area contributed by atoms with Crippen LogP contribution >= 0.6 is 11.3 Å². The number of para-hydroxylation sites is 1. The SMILES string of the molecule is COc1cccc(C(=O)N(CC(=O)N2CCc3sccc3[C@H]2COc2ccccc2F)CC(C)C)c1. The highest BCUT2D eigenvalue weighted by Gasteiger charge is 2.34. The third-order valence-corrected chi connectivity index (χ3v) is 7.16. The van der Waals surface area contributed by atoms with Gasteiger partial charge in [0.15, 0.2) is 11.6 Å². The molecule has 0 saturated heterocycles. The van der Waals surface area contributed by atoms with Gasteiger partial charge >= 0.3 is 0 Å². The highest BCUT2D eigenvalue weighted by atomic mass is 32.1. The van der Waals surface area contributed by atoms with Crippen LogP contribution in [0.15, 0.2) is 60.0 Å². The molecular formula is C28H31FN2O4S. The summed E-state index contributed by atoms with van der Waals surface area (Å²) in [5, 5.41) is 2.01. The first-order valence-corrected chi connectivity index (χ1v) is 12.9. The lowest BCUT2D eigenvalue weighted by molar-refractivity contribution is -0.135. The molecule has 0 aliphatic carbocycles. The van der Waals surface area contributed by atoms with Gasteiger partial charge in [-0.05, 0) is 59.7 Å². The number of hydrogen-bond acceptors (Lipinski definition) is 5. The summed E-state index contributed by atoms with van der Waals surface area (Å²) in [7, 11) is 1.55. The molecule has 2 heterocycles. The lowest BCUT2D eigenvalue weighted by Crippen LogP contribution is -2.48. The molecule has 2 amide bonds. The molecule has 0 radical (unpaired) electrons. The fourth-order valence-corrected chi connectivity index (χ4v) is 5.39. The first-order chi connectivity index (χ1) is 17.4. The Labute approximate surface area is 215 Å². The van der Waals surface area contributed by atoms with Gasteiger partial charge in [0.25, 0.3) is 5.91 Å². The lowest BCUT2D eigenvalue weighted by Gasteiger charge is -2.37. The summed E-state index contributed by atoms with van der Waals surface area (Å²) >= 11 is 1.65. The van der Waals surface area contributed by atoms with E-state index in [2.05, 4.69) is 0 Å². The van der Waals surface area contributed by atoms with Crippen molar-refractivity contribution in [1.29, 1.82) is 0 Å². The van der Waals surface area contributed by atoms with E-state index in [1.165, 1.54) is 10.9 Å². The van der Waals surface area contributed by atoms with Gasteiger partial charge in [-0.2, -0.15) is 0 Å². The average molecular weight is 511 g/mol. The number of thiophene rings is 1. The fraction of sp³-hybridized carbons (Fsp3) is 0.357. The molecule has 36 heavy (non-hydrogen) atoms. The van der Waals surface area contributed by atoms with Gasteiger partial charge < -0.3 is 19.3 Å². The Hall–Kier alpha value is -3.39. The van der Waals surface area contributed by atoms with E-state index in [-0.39, 0.29) is 42.7 Å². The van der Waals surface area contributed by atoms with Crippen LogP contribution in [0.2, 0.25) is 0 Å². The second kappa shape index (κ2) is 11.6. The molecule has 8 heteroatoms. The van der Waals surface area contributed by atoms with Crippen LogP contribution < -0.4 is 9.47 Å². The van der Waals surface area contributed by atoms with Crippen LogP contribution in [0.1, 0.15) is 40.7 Å². The molecule has 3 aromatic rings. The zero-order valence-corrected chi connectivity index (χ0v) is 21.6. The van der Waals surface area contributed by atoms with Crippen LogP contribution in [-0.2, 0) is 11.2 Å². The molecular weight excluding hydrogens is 479 g/mol. The maximum absolute atomic E-state index is 14.2. The number of benzene rings is 2. The Bertz CT molecular complexity index is 1210. The van der Waals surface area contributed by atoms with E-state index in [1.54, 1.807) is 70.7 Å². The van der Waals surface area contributed by atoms with Crippen molar-refractivity contribution in [2.45, 2.75) is 26.3 Å². The quantitative estimate of drug-likeness (QED) is 0.397. The third kappa shape index (κ3) is 5.87. The summed E-state index contributed by atoms with van der Waals surface area (Å²) in [6, 6.07) is 14.9. The summed E-state index contributed by atoms with van der Waals surface area (Å²) < 4.78 is 25.3. The standard InChI is InChI=1S/C28H31FN2O4S/c1-19(2)16-30(28(33)20-7-6-8-21(15-20)34-3)17-27(32)31-13-11-26-22(12-14-36-26)24(31)18-35-25-10-5-4-9-23(25)29/h4-10,12,14-15,19,24H,11,13,16-18H2,1-3H3/t24-/m1/s1. The van der Waals surface area contributed by atoms with Gasteiger partial charge in [0, 0.05) is 23.5 Å². The van der Waals surface area contributed by atoms with Crippen molar-refractivity contribution in [3.05, 3.63) is 81.8 Å². The number of nitrogens with zero attached hydrogens (tertiary/aromatic N) is 2. The van der Waals surface area contributed by atoms with Gasteiger partial charge in [0.05, 0.1) is 13.2 Å². The molecule has 1 aliphatic heterocycles. The molecule has 1 aliphatic rings. The Morgan fingerprint density at radius 2 is 1.97 bits per heavy atom. The van der Waals surface area contributed by atoms with Gasteiger partial charge in [-0.25, -0.2) is 4.39 Å². The molecule has 0 unspecified atom stereocenters. The summed E-state index contributed by atoms with van der Waals surface area (Å²) in [4.78, 5) is 31.6. The van der Waals surface area contributed by atoms with Gasteiger partial charge in [0.1, 0.15) is 18.9 Å². The van der Waals surface area contributed by atoms with Crippen LogP contribution in [-0.4, -0.2) is 55.0 Å². The smallest absolute Gasteiger partial charge is 0.254 e. The van der Waals surface area contributed by atoms with Crippen LogP contribution in [0, 0.1) is 11.7 Å². The Morgan fingerprint density at radius 3 is 2.72 bits per heavy atom. The summed E-state index contributed by atoms with van der Waals surface area (Å²) in [5.74, 6) is 0.0975. The number of methoxy groups -OCH3 is 1. The molecule has 2 aromatic carbocycles. The molecule has 6 nitrogen and oxygen atoms in total. The van der Waals surface area contributed by atoms with Gasteiger partial charge in [-0.15, -0.1) is 11.3 Å². The monoisotopic (exact) mass is 510 g/mol. The topological polar surface area (TPSA) is 59.1 Å². The van der Waals surface area contributed by atoms with E-state index in [0.717, 1.165) is 12.0 Å². The van der Waals surface area contributed by atoms with E-state index < -0.39 is 5.82 Å². The summed E-state index contributed by atoms with van der Waals surface area (Å²) in [5.41, 5.74) is 1.49.